The zero-order chi connectivity index (χ0) is 27.1. The van der Waals surface area contributed by atoms with Crippen LogP contribution < -0.4 is 9.46 Å². The first kappa shape index (κ1) is 27.2. The topological polar surface area (TPSA) is 99.5 Å². The number of carbonyl (C=O) groups excluding carboxylic acids is 1. The second-order valence-electron chi connectivity index (χ2n) is 9.61. The van der Waals surface area contributed by atoms with Gasteiger partial charge < -0.3 is 9.64 Å². The zero-order valence-corrected chi connectivity index (χ0v) is 22.6. The van der Waals surface area contributed by atoms with Crippen LogP contribution in [0.25, 0.3) is 0 Å². The third-order valence-corrected chi connectivity index (χ3v) is 8.31. The average Bonchev–Trinajstić information content (AvgIpc) is 2.94. The molecule has 0 bridgehead atoms. The quantitative estimate of drug-likeness (QED) is 0.348. The Kier molecular flexibility index (Phi) is 8.70. The van der Waals surface area contributed by atoms with Crippen LogP contribution in [-0.2, 0) is 10.0 Å². The van der Waals surface area contributed by atoms with E-state index in [2.05, 4.69) is 17.7 Å². The molecule has 3 aromatic carbocycles. The van der Waals surface area contributed by atoms with Crippen molar-refractivity contribution in [3.05, 3.63) is 89.0 Å². The van der Waals surface area contributed by atoms with E-state index in [9.17, 15) is 13.2 Å². The number of aryl methyl sites for hydroxylation is 1. The highest BCUT2D eigenvalue weighted by molar-refractivity contribution is 7.92. The lowest BCUT2D eigenvalue weighted by molar-refractivity contribution is 0.0712. The van der Waals surface area contributed by atoms with Crippen molar-refractivity contribution >= 4 is 21.6 Å². The fraction of sp³-hybridized carbons (Fsp3) is 0.333. The van der Waals surface area contributed by atoms with Crippen molar-refractivity contribution < 1.29 is 17.9 Å². The van der Waals surface area contributed by atoms with Crippen LogP contribution >= 0.6 is 0 Å². The second kappa shape index (κ2) is 12.1. The van der Waals surface area contributed by atoms with E-state index < -0.39 is 10.0 Å². The standard InChI is InChI=1S/C30H33N3O4S/c1-3-4-19-37-27-11-13-28(14-12-27)38(35,36)32-26-10-5-22(2)29(20-26)30(34)33-17-15-25(16-18-33)24-8-6-23(21-31)7-9-24/h5-14,20,25,32H,3-4,15-19H2,1-2H3. The van der Waals surface area contributed by atoms with Crippen LogP contribution in [0, 0.1) is 18.3 Å². The van der Waals surface area contributed by atoms with Gasteiger partial charge in [0, 0.05) is 24.3 Å². The summed E-state index contributed by atoms with van der Waals surface area (Å²) >= 11 is 0. The normalized spacial score (nSPS) is 14.1. The number of nitriles is 1. The summed E-state index contributed by atoms with van der Waals surface area (Å²) in [4.78, 5) is 15.3. The smallest absolute Gasteiger partial charge is 0.261 e. The molecule has 1 heterocycles. The maximum Gasteiger partial charge on any atom is 0.261 e. The van der Waals surface area contributed by atoms with Gasteiger partial charge in [-0.15, -0.1) is 0 Å². The molecular formula is C30H33N3O4S. The largest absolute Gasteiger partial charge is 0.494 e. The van der Waals surface area contributed by atoms with Gasteiger partial charge in [0.2, 0.25) is 0 Å². The van der Waals surface area contributed by atoms with Crippen molar-refractivity contribution in [1.29, 1.82) is 5.26 Å². The molecule has 198 valence electrons. The highest BCUT2D eigenvalue weighted by Gasteiger charge is 2.26. The molecule has 0 saturated carbocycles. The van der Waals surface area contributed by atoms with E-state index in [0.29, 0.717) is 48.2 Å². The van der Waals surface area contributed by atoms with Gasteiger partial charge in [-0.2, -0.15) is 5.26 Å². The number of unbranched alkanes of at least 4 members (excludes halogenated alkanes) is 1. The second-order valence-corrected chi connectivity index (χ2v) is 11.3. The minimum Gasteiger partial charge on any atom is -0.494 e. The van der Waals surface area contributed by atoms with Gasteiger partial charge in [0.1, 0.15) is 5.75 Å². The van der Waals surface area contributed by atoms with E-state index in [4.69, 9.17) is 10.00 Å². The molecule has 1 fully saturated rings. The molecule has 0 atom stereocenters. The van der Waals surface area contributed by atoms with Crippen LogP contribution in [0.2, 0.25) is 0 Å². The van der Waals surface area contributed by atoms with Crippen LogP contribution in [0.1, 0.15) is 65.6 Å². The molecule has 1 saturated heterocycles. The minimum atomic E-state index is -3.83. The minimum absolute atomic E-state index is 0.101. The monoisotopic (exact) mass is 531 g/mol. The van der Waals surface area contributed by atoms with Crippen LogP contribution in [-0.4, -0.2) is 38.9 Å². The Balaban J connectivity index is 1.41. The lowest BCUT2D eigenvalue weighted by atomic mass is 9.88. The van der Waals surface area contributed by atoms with Crippen LogP contribution in [0.15, 0.2) is 71.6 Å². The molecule has 0 aromatic heterocycles. The summed E-state index contributed by atoms with van der Waals surface area (Å²) in [5, 5.41) is 9.01. The number of nitrogens with one attached hydrogen (secondary N) is 1. The fourth-order valence-corrected chi connectivity index (χ4v) is 5.64. The predicted octanol–water partition coefficient (Wildman–Crippen LogP) is 5.87. The zero-order valence-electron chi connectivity index (χ0n) is 21.8. The van der Waals surface area contributed by atoms with Gasteiger partial charge in [0.05, 0.1) is 23.1 Å². The van der Waals surface area contributed by atoms with E-state index in [1.165, 1.54) is 17.7 Å². The molecule has 0 spiro atoms. The summed E-state index contributed by atoms with van der Waals surface area (Å²) in [5.41, 5.74) is 3.45. The summed E-state index contributed by atoms with van der Waals surface area (Å²) in [6, 6.07) is 21.2. The van der Waals surface area contributed by atoms with E-state index in [1.54, 1.807) is 30.3 Å². The van der Waals surface area contributed by atoms with E-state index in [1.807, 2.05) is 36.1 Å². The van der Waals surface area contributed by atoms with Gasteiger partial charge in [0.15, 0.2) is 0 Å². The number of ether oxygens (including phenoxy) is 1. The summed E-state index contributed by atoms with van der Waals surface area (Å²) in [7, 11) is -3.83. The summed E-state index contributed by atoms with van der Waals surface area (Å²) in [5.74, 6) is 0.869. The average molecular weight is 532 g/mol. The molecule has 1 aliphatic heterocycles. The van der Waals surface area contributed by atoms with Crippen molar-refractivity contribution in [3.8, 4) is 11.8 Å². The van der Waals surface area contributed by atoms with Crippen molar-refractivity contribution in [1.82, 2.24) is 4.90 Å². The molecule has 0 unspecified atom stereocenters. The molecule has 8 heteroatoms. The van der Waals surface area contributed by atoms with Gasteiger partial charge >= 0.3 is 0 Å². The number of anilines is 1. The molecule has 7 nitrogen and oxygen atoms in total. The maximum absolute atomic E-state index is 13.4. The molecule has 1 N–H and O–H groups in total. The lowest BCUT2D eigenvalue weighted by Gasteiger charge is -2.32. The van der Waals surface area contributed by atoms with Gasteiger partial charge in [0.25, 0.3) is 15.9 Å². The Bertz CT molecular complexity index is 1400. The third kappa shape index (κ3) is 6.53. The Labute approximate surface area is 225 Å². The van der Waals surface area contributed by atoms with E-state index in [0.717, 1.165) is 31.2 Å². The van der Waals surface area contributed by atoms with Gasteiger partial charge in [-0.1, -0.05) is 31.5 Å². The maximum atomic E-state index is 13.4. The Hall–Kier alpha value is -3.83. The fourth-order valence-electron chi connectivity index (χ4n) is 4.60. The van der Waals surface area contributed by atoms with E-state index in [-0.39, 0.29) is 10.8 Å². The molecular weight excluding hydrogens is 498 g/mol. The number of sulfonamides is 1. The molecule has 0 aliphatic carbocycles. The number of benzene rings is 3. The lowest BCUT2D eigenvalue weighted by Crippen LogP contribution is -2.38. The predicted molar refractivity (Wildman–Crippen MR) is 148 cm³/mol. The van der Waals surface area contributed by atoms with Gasteiger partial charge in [-0.05, 0) is 91.8 Å². The number of hydrogen-bond donors (Lipinski definition) is 1. The number of hydrogen-bond acceptors (Lipinski definition) is 5. The van der Waals surface area contributed by atoms with Gasteiger partial charge in [-0.3, -0.25) is 9.52 Å². The van der Waals surface area contributed by atoms with Crippen LogP contribution in [0.5, 0.6) is 5.75 Å². The summed E-state index contributed by atoms with van der Waals surface area (Å²) in [6.45, 7) is 5.76. The van der Waals surface area contributed by atoms with Crippen molar-refractivity contribution in [3.63, 3.8) is 0 Å². The number of carbonyl (C=O) groups is 1. The SMILES string of the molecule is CCCCOc1ccc(S(=O)(=O)Nc2ccc(C)c(C(=O)N3CCC(c4ccc(C#N)cc4)CC3)c2)cc1. The first-order valence-electron chi connectivity index (χ1n) is 13.0. The number of amides is 1. The number of likely N-dealkylation sites (tertiary alicyclic amines) is 1. The van der Waals surface area contributed by atoms with Crippen LogP contribution in [0.4, 0.5) is 5.69 Å². The number of piperidine rings is 1. The van der Waals surface area contributed by atoms with Crippen LogP contribution in [0.3, 0.4) is 0 Å². The molecule has 1 amide bonds. The molecule has 3 aromatic rings. The van der Waals surface area contributed by atoms with E-state index >= 15 is 0 Å². The van der Waals surface area contributed by atoms with Crippen molar-refractivity contribution in [2.24, 2.45) is 0 Å². The molecule has 4 rings (SSSR count). The summed E-state index contributed by atoms with van der Waals surface area (Å²) in [6.07, 6.45) is 3.63. The number of nitrogens with zero attached hydrogens (tertiary/aromatic N) is 2. The Morgan fingerprint density at radius 2 is 1.74 bits per heavy atom. The first-order chi connectivity index (χ1) is 18.3. The van der Waals surface area contributed by atoms with Crippen molar-refractivity contribution in [2.75, 3.05) is 24.4 Å². The van der Waals surface area contributed by atoms with Gasteiger partial charge in [-0.25, -0.2) is 8.42 Å². The Morgan fingerprint density at radius 3 is 2.37 bits per heavy atom. The summed E-state index contributed by atoms with van der Waals surface area (Å²) < 4.78 is 34.2. The molecule has 1 aliphatic rings. The molecule has 38 heavy (non-hydrogen) atoms. The molecule has 0 radical (unpaired) electrons. The highest BCUT2D eigenvalue weighted by Crippen LogP contribution is 2.30. The highest BCUT2D eigenvalue weighted by atomic mass is 32.2. The van der Waals surface area contributed by atoms with Crippen molar-refractivity contribution in [2.45, 2.75) is 50.3 Å². The number of rotatable bonds is 9. The third-order valence-electron chi connectivity index (χ3n) is 6.91. The first-order valence-corrected chi connectivity index (χ1v) is 14.4. The Morgan fingerprint density at radius 1 is 1.05 bits per heavy atom.